The molecule has 1 saturated carbocycles. The number of hydrogen-bond acceptors (Lipinski definition) is 5. The summed E-state index contributed by atoms with van der Waals surface area (Å²) < 4.78 is 36.5. The highest BCUT2D eigenvalue weighted by Gasteiger charge is 2.28. The second-order valence-electron chi connectivity index (χ2n) is 9.54. The average Bonchev–Trinajstić information content (AvgIpc) is 3.41. The molecule has 1 aliphatic carbocycles. The molecule has 1 unspecified atom stereocenters. The predicted molar refractivity (Wildman–Crippen MR) is 128 cm³/mol. The van der Waals surface area contributed by atoms with Crippen molar-refractivity contribution in [1.29, 1.82) is 0 Å². The van der Waals surface area contributed by atoms with E-state index in [0.29, 0.717) is 35.2 Å². The zero-order valence-corrected chi connectivity index (χ0v) is 19.6. The molecule has 1 fully saturated rings. The van der Waals surface area contributed by atoms with E-state index in [1.165, 1.54) is 19.0 Å². The first-order valence-corrected chi connectivity index (χ1v) is 11.8. The van der Waals surface area contributed by atoms with Crippen LogP contribution in [0.2, 0.25) is 0 Å². The van der Waals surface area contributed by atoms with Crippen molar-refractivity contribution >= 4 is 5.82 Å². The topological polar surface area (TPSA) is 83.8 Å². The molecular weight excluding hydrogens is 450 g/mol. The number of halogens is 2. The molecule has 1 aromatic carbocycles. The Morgan fingerprint density at radius 1 is 1.17 bits per heavy atom. The van der Waals surface area contributed by atoms with Crippen molar-refractivity contribution in [2.45, 2.75) is 52.3 Å². The van der Waals surface area contributed by atoms with Crippen LogP contribution in [0.5, 0.6) is 5.75 Å². The van der Waals surface area contributed by atoms with Gasteiger partial charge in [0.25, 0.3) is 0 Å². The highest BCUT2D eigenvalue weighted by Crippen LogP contribution is 2.40. The Morgan fingerprint density at radius 3 is 2.77 bits per heavy atom. The van der Waals surface area contributed by atoms with E-state index >= 15 is 0 Å². The van der Waals surface area contributed by atoms with Crippen LogP contribution < -0.4 is 10.5 Å². The maximum absolute atomic E-state index is 13.7. The Morgan fingerprint density at radius 2 is 2.00 bits per heavy atom. The molecular formula is C26H26F2N6O. The van der Waals surface area contributed by atoms with Gasteiger partial charge in [0.2, 0.25) is 0 Å². The summed E-state index contributed by atoms with van der Waals surface area (Å²) in [7, 11) is 0. The molecule has 9 heteroatoms. The van der Waals surface area contributed by atoms with Crippen LogP contribution in [-0.2, 0) is 13.0 Å². The highest BCUT2D eigenvalue weighted by atomic mass is 19.3. The van der Waals surface area contributed by atoms with Crippen LogP contribution in [0.25, 0.3) is 22.5 Å². The van der Waals surface area contributed by atoms with Crippen molar-refractivity contribution in [2.75, 3.05) is 5.73 Å². The Labute approximate surface area is 201 Å². The SMILES string of the molecule is Cc1ccc2c(c1)C(C)Oc1cc(cnc1N)-c1c(cnn1CC1CC1)Cc1cn(C(F)F)nc1-2. The molecule has 4 aromatic rings. The number of fused-ring (bicyclic) bond motifs is 7. The van der Waals surface area contributed by atoms with Crippen LogP contribution in [0.1, 0.15) is 54.7 Å². The molecule has 7 nitrogen and oxygen atoms in total. The summed E-state index contributed by atoms with van der Waals surface area (Å²) in [6, 6.07) is 7.79. The lowest BCUT2D eigenvalue weighted by Crippen LogP contribution is -2.10. The van der Waals surface area contributed by atoms with Gasteiger partial charge in [-0.25, -0.2) is 9.67 Å². The van der Waals surface area contributed by atoms with E-state index in [1.807, 2.05) is 49.0 Å². The maximum atomic E-state index is 13.7. The third-order valence-electron chi connectivity index (χ3n) is 6.79. The van der Waals surface area contributed by atoms with Crippen LogP contribution >= 0.6 is 0 Å². The van der Waals surface area contributed by atoms with Gasteiger partial charge in [-0.05, 0) is 38.7 Å². The van der Waals surface area contributed by atoms with Gasteiger partial charge >= 0.3 is 6.55 Å². The van der Waals surface area contributed by atoms with E-state index in [0.717, 1.165) is 44.7 Å². The van der Waals surface area contributed by atoms with Gasteiger partial charge in [0.15, 0.2) is 11.6 Å². The summed E-state index contributed by atoms with van der Waals surface area (Å²) in [6.45, 7) is 1.97. The fourth-order valence-corrected chi connectivity index (χ4v) is 4.83. The number of nitrogen functional groups attached to an aromatic ring is 1. The maximum Gasteiger partial charge on any atom is 0.333 e. The Hall–Kier alpha value is -3.75. The fraction of sp³-hybridized carbons (Fsp3) is 0.346. The molecule has 6 rings (SSSR count). The predicted octanol–water partition coefficient (Wildman–Crippen LogP) is 5.55. The number of nitrogens with zero attached hydrogens (tertiary/aromatic N) is 5. The summed E-state index contributed by atoms with van der Waals surface area (Å²) in [6.07, 6.45) is 7.35. The van der Waals surface area contributed by atoms with E-state index in [4.69, 9.17) is 10.5 Å². The summed E-state index contributed by atoms with van der Waals surface area (Å²) in [5.41, 5.74) is 12.7. The van der Waals surface area contributed by atoms with E-state index in [2.05, 4.69) is 15.2 Å². The van der Waals surface area contributed by atoms with Crippen molar-refractivity contribution < 1.29 is 13.5 Å². The van der Waals surface area contributed by atoms with Gasteiger partial charge in [-0.2, -0.15) is 19.0 Å². The third-order valence-corrected chi connectivity index (χ3v) is 6.79. The van der Waals surface area contributed by atoms with E-state index in [1.54, 1.807) is 6.20 Å². The molecule has 0 saturated heterocycles. The van der Waals surface area contributed by atoms with Gasteiger partial charge in [0.05, 0.1) is 17.6 Å². The second-order valence-corrected chi connectivity index (χ2v) is 9.54. The first kappa shape index (κ1) is 21.8. The quantitative estimate of drug-likeness (QED) is 0.419. The molecule has 1 atom stereocenters. The van der Waals surface area contributed by atoms with Crippen LogP contribution in [0.3, 0.4) is 0 Å². The fourth-order valence-electron chi connectivity index (χ4n) is 4.83. The van der Waals surface area contributed by atoms with Gasteiger partial charge < -0.3 is 10.5 Å². The van der Waals surface area contributed by atoms with Crippen LogP contribution in [0.15, 0.2) is 42.9 Å². The number of benzene rings is 1. The minimum absolute atomic E-state index is 0.296. The number of hydrogen-bond donors (Lipinski definition) is 1. The molecule has 2 bridgehead atoms. The largest absolute Gasteiger partial charge is 0.482 e. The normalized spacial score (nSPS) is 17.1. The van der Waals surface area contributed by atoms with E-state index in [9.17, 15) is 8.78 Å². The number of nitrogens with two attached hydrogens (primary N) is 1. The minimum Gasteiger partial charge on any atom is -0.482 e. The van der Waals surface area contributed by atoms with Crippen molar-refractivity contribution in [3.05, 3.63) is 65.1 Å². The molecule has 0 amide bonds. The number of pyridine rings is 1. The molecule has 3 aromatic heterocycles. The Bertz CT molecular complexity index is 1420. The van der Waals surface area contributed by atoms with Gasteiger partial charge in [-0.3, -0.25) is 4.68 Å². The zero-order valence-electron chi connectivity index (χ0n) is 19.6. The number of anilines is 1. The molecule has 35 heavy (non-hydrogen) atoms. The van der Waals surface area contributed by atoms with Crippen LogP contribution in [-0.4, -0.2) is 24.5 Å². The standard InChI is InChI=1S/C26H26F2N6O/c1-14-3-6-20-21(7-14)15(2)35-22-9-18(10-30-25(22)29)24-17(11-31-33(24)12-16-4-5-16)8-19-13-34(26(27)28)32-23(19)20/h3,6-7,9-11,13,15-16,26H,4-5,8,12H2,1-2H3,(H2,29,30). The molecule has 2 aliphatic rings. The van der Waals surface area contributed by atoms with Gasteiger partial charge in [0, 0.05) is 53.2 Å². The lowest BCUT2D eigenvalue weighted by Gasteiger charge is -2.21. The van der Waals surface area contributed by atoms with Gasteiger partial charge in [-0.15, -0.1) is 0 Å². The number of ether oxygens (including phenoxy) is 1. The molecule has 0 spiro atoms. The monoisotopic (exact) mass is 476 g/mol. The Kier molecular flexibility index (Phi) is 5.09. The van der Waals surface area contributed by atoms with Crippen molar-refractivity contribution in [2.24, 2.45) is 5.92 Å². The van der Waals surface area contributed by atoms with Crippen LogP contribution in [0, 0.1) is 12.8 Å². The van der Waals surface area contributed by atoms with Crippen molar-refractivity contribution in [1.82, 2.24) is 24.5 Å². The first-order valence-electron chi connectivity index (χ1n) is 11.8. The van der Waals surface area contributed by atoms with E-state index < -0.39 is 12.7 Å². The van der Waals surface area contributed by atoms with Gasteiger partial charge in [-0.1, -0.05) is 23.8 Å². The van der Waals surface area contributed by atoms with Gasteiger partial charge in [0.1, 0.15) is 6.10 Å². The van der Waals surface area contributed by atoms with Crippen molar-refractivity contribution in [3.63, 3.8) is 0 Å². The summed E-state index contributed by atoms with van der Waals surface area (Å²) in [5, 5.41) is 8.99. The number of rotatable bonds is 3. The molecule has 4 heterocycles. The van der Waals surface area contributed by atoms with E-state index in [-0.39, 0.29) is 0 Å². The van der Waals surface area contributed by atoms with Crippen LogP contribution in [0.4, 0.5) is 14.6 Å². The first-order chi connectivity index (χ1) is 16.9. The zero-order chi connectivity index (χ0) is 24.3. The second kappa shape index (κ2) is 8.18. The summed E-state index contributed by atoms with van der Waals surface area (Å²) in [5.74, 6) is 1.38. The smallest absolute Gasteiger partial charge is 0.333 e. The number of alkyl halides is 2. The summed E-state index contributed by atoms with van der Waals surface area (Å²) in [4.78, 5) is 4.42. The minimum atomic E-state index is -2.74. The average molecular weight is 477 g/mol. The Balaban J connectivity index is 1.60. The third kappa shape index (κ3) is 3.94. The molecule has 0 radical (unpaired) electrons. The number of aryl methyl sites for hydroxylation is 1. The molecule has 180 valence electrons. The lowest BCUT2D eigenvalue weighted by atomic mass is 9.93. The van der Waals surface area contributed by atoms with Crippen molar-refractivity contribution in [3.8, 4) is 28.3 Å². The molecule has 2 N–H and O–H groups in total. The molecule has 1 aliphatic heterocycles. The number of aromatic nitrogens is 5. The summed E-state index contributed by atoms with van der Waals surface area (Å²) >= 11 is 0. The highest BCUT2D eigenvalue weighted by molar-refractivity contribution is 5.72. The lowest BCUT2D eigenvalue weighted by molar-refractivity contribution is 0.0567.